The van der Waals surface area contributed by atoms with E-state index in [-0.39, 0.29) is 28.7 Å². The van der Waals surface area contributed by atoms with Gasteiger partial charge in [-0.05, 0) is 54.1 Å². The maximum atomic E-state index is 12.5. The smallest absolute Gasteiger partial charge is 0.287 e. The third-order valence-electron chi connectivity index (χ3n) is 4.81. The van der Waals surface area contributed by atoms with Gasteiger partial charge in [0.25, 0.3) is 5.91 Å². The monoisotopic (exact) mass is 462 g/mol. The average molecular weight is 463 g/mol. The summed E-state index contributed by atoms with van der Waals surface area (Å²) in [4.78, 5) is 16.8. The van der Waals surface area contributed by atoms with E-state index < -0.39 is 15.7 Å². The van der Waals surface area contributed by atoms with Crippen molar-refractivity contribution in [3.05, 3.63) is 114 Å². The lowest BCUT2D eigenvalue weighted by Crippen LogP contribution is -2.22. The second-order valence-corrected chi connectivity index (χ2v) is 9.26. The Bertz CT molecular complexity index is 1300. The number of hydrogen-bond acceptors (Lipinski definition) is 6. The molecular weight excluding hydrogens is 440 g/mol. The number of benzene rings is 2. The standard InChI is InChI=1S/C25H22N2O5S/c28-25(24-14-13-22(32-24)18-33(29,30)23-7-2-1-3-8-23)27-16-19-9-11-21(12-10-19)31-17-20-6-4-5-15-26-20/h1-15H,16-18H2,(H,27,28). The van der Waals surface area contributed by atoms with Crippen molar-refractivity contribution < 1.29 is 22.4 Å². The van der Waals surface area contributed by atoms with E-state index in [1.54, 1.807) is 24.4 Å². The van der Waals surface area contributed by atoms with Crippen molar-refractivity contribution in [3.8, 4) is 5.75 Å². The van der Waals surface area contributed by atoms with E-state index in [9.17, 15) is 13.2 Å². The number of nitrogens with zero attached hydrogens (tertiary/aromatic N) is 1. The van der Waals surface area contributed by atoms with E-state index in [0.29, 0.717) is 12.4 Å². The highest BCUT2D eigenvalue weighted by Gasteiger charge is 2.19. The largest absolute Gasteiger partial charge is 0.487 e. The molecule has 1 N–H and O–H groups in total. The molecule has 168 valence electrons. The van der Waals surface area contributed by atoms with Gasteiger partial charge in [0.05, 0.1) is 10.6 Å². The molecule has 2 heterocycles. The van der Waals surface area contributed by atoms with Gasteiger partial charge in [-0.15, -0.1) is 0 Å². The van der Waals surface area contributed by atoms with Crippen LogP contribution in [0.15, 0.2) is 100 Å². The SMILES string of the molecule is O=C(NCc1ccc(OCc2ccccn2)cc1)c1ccc(CS(=O)(=O)c2ccccc2)o1. The number of ether oxygens (including phenoxy) is 1. The Hall–Kier alpha value is -3.91. The van der Waals surface area contributed by atoms with Crippen LogP contribution in [0.2, 0.25) is 0 Å². The minimum atomic E-state index is -3.55. The summed E-state index contributed by atoms with van der Waals surface area (Å²) in [5, 5.41) is 2.77. The van der Waals surface area contributed by atoms with Gasteiger partial charge in [-0.2, -0.15) is 0 Å². The van der Waals surface area contributed by atoms with Gasteiger partial charge >= 0.3 is 0 Å². The highest BCUT2D eigenvalue weighted by molar-refractivity contribution is 7.90. The van der Waals surface area contributed by atoms with Crippen LogP contribution < -0.4 is 10.1 Å². The van der Waals surface area contributed by atoms with Crippen LogP contribution in [0.5, 0.6) is 5.75 Å². The summed E-state index contributed by atoms with van der Waals surface area (Å²) in [6.07, 6.45) is 1.72. The summed E-state index contributed by atoms with van der Waals surface area (Å²) in [7, 11) is -3.55. The summed E-state index contributed by atoms with van der Waals surface area (Å²) in [6.45, 7) is 0.662. The fourth-order valence-electron chi connectivity index (χ4n) is 3.09. The lowest BCUT2D eigenvalue weighted by molar-refractivity contribution is 0.0921. The normalized spacial score (nSPS) is 11.2. The summed E-state index contributed by atoms with van der Waals surface area (Å²) in [6, 6.07) is 24.1. The lowest BCUT2D eigenvalue weighted by atomic mass is 10.2. The van der Waals surface area contributed by atoms with Gasteiger partial charge < -0.3 is 14.5 Å². The molecule has 0 atom stereocenters. The molecule has 0 aliphatic carbocycles. The van der Waals surface area contributed by atoms with Crippen molar-refractivity contribution in [3.63, 3.8) is 0 Å². The van der Waals surface area contributed by atoms with E-state index in [1.807, 2.05) is 42.5 Å². The number of furan rings is 1. The molecule has 2 aromatic carbocycles. The Kier molecular flexibility index (Phi) is 6.85. The molecule has 7 nitrogen and oxygen atoms in total. The first-order valence-corrected chi connectivity index (χ1v) is 11.9. The summed E-state index contributed by atoms with van der Waals surface area (Å²) in [5.74, 6) is 0.228. The van der Waals surface area contributed by atoms with Crippen LogP contribution >= 0.6 is 0 Å². The Morgan fingerprint density at radius 2 is 1.67 bits per heavy atom. The molecule has 0 aliphatic heterocycles. The van der Waals surface area contributed by atoms with E-state index in [4.69, 9.17) is 9.15 Å². The molecule has 0 unspecified atom stereocenters. The molecule has 0 bridgehead atoms. The number of sulfone groups is 1. The quantitative estimate of drug-likeness (QED) is 0.401. The van der Waals surface area contributed by atoms with Crippen LogP contribution in [0.25, 0.3) is 0 Å². The number of rotatable bonds is 9. The van der Waals surface area contributed by atoms with Crippen molar-refractivity contribution in [1.29, 1.82) is 0 Å². The number of nitrogens with one attached hydrogen (secondary N) is 1. The Labute approximate surface area is 192 Å². The first kappa shape index (κ1) is 22.3. The zero-order valence-electron chi connectivity index (χ0n) is 17.7. The molecule has 0 radical (unpaired) electrons. The maximum Gasteiger partial charge on any atom is 0.287 e. The van der Waals surface area contributed by atoms with Crippen LogP contribution in [0.1, 0.15) is 27.6 Å². The van der Waals surface area contributed by atoms with Gasteiger partial charge in [-0.3, -0.25) is 9.78 Å². The van der Waals surface area contributed by atoms with E-state index in [0.717, 1.165) is 11.3 Å². The van der Waals surface area contributed by atoms with Crippen LogP contribution in [0, 0.1) is 0 Å². The predicted octanol–water partition coefficient (Wildman–Crippen LogP) is 4.16. The molecule has 0 saturated heterocycles. The fourth-order valence-corrected chi connectivity index (χ4v) is 4.36. The van der Waals surface area contributed by atoms with Crippen LogP contribution in [-0.4, -0.2) is 19.3 Å². The summed E-state index contributed by atoms with van der Waals surface area (Å²) in [5.41, 5.74) is 1.72. The molecule has 4 rings (SSSR count). The van der Waals surface area contributed by atoms with Gasteiger partial charge in [0, 0.05) is 12.7 Å². The molecule has 0 spiro atoms. The summed E-state index contributed by atoms with van der Waals surface area (Å²) >= 11 is 0. The Morgan fingerprint density at radius 1 is 0.909 bits per heavy atom. The topological polar surface area (TPSA) is 98.5 Å². The Balaban J connectivity index is 1.29. The molecule has 0 saturated carbocycles. The van der Waals surface area contributed by atoms with E-state index in [1.165, 1.54) is 24.3 Å². The third-order valence-corrected chi connectivity index (χ3v) is 6.46. The molecule has 4 aromatic rings. The van der Waals surface area contributed by atoms with Gasteiger partial charge in [-0.1, -0.05) is 36.4 Å². The number of pyridine rings is 1. The van der Waals surface area contributed by atoms with Crippen LogP contribution in [0.3, 0.4) is 0 Å². The van der Waals surface area contributed by atoms with Crippen LogP contribution in [-0.2, 0) is 28.7 Å². The first-order valence-electron chi connectivity index (χ1n) is 10.3. The predicted molar refractivity (Wildman–Crippen MR) is 122 cm³/mol. The summed E-state index contributed by atoms with van der Waals surface area (Å²) < 4.78 is 36.1. The molecule has 8 heteroatoms. The minimum absolute atomic E-state index is 0.0589. The number of hydrogen-bond donors (Lipinski definition) is 1. The number of amides is 1. The molecule has 0 fully saturated rings. The van der Waals surface area contributed by atoms with Crippen molar-refractivity contribution in [2.75, 3.05) is 0 Å². The molecule has 1 amide bonds. The lowest BCUT2D eigenvalue weighted by Gasteiger charge is -2.07. The number of carbonyl (C=O) groups excluding carboxylic acids is 1. The fraction of sp³-hybridized carbons (Fsp3) is 0.120. The average Bonchev–Trinajstić information content (AvgIpc) is 3.31. The molecular formula is C25H22N2O5S. The van der Waals surface area contributed by atoms with Crippen molar-refractivity contribution >= 4 is 15.7 Å². The van der Waals surface area contributed by atoms with E-state index >= 15 is 0 Å². The van der Waals surface area contributed by atoms with Gasteiger partial charge in [0.2, 0.25) is 0 Å². The zero-order valence-corrected chi connectivity index (χ0v) is 18.5. The van der Waals surface area contributed by atoms with Crippen molar-refractivity contribution in [2.24, 2.45) is 0 Å². The molecule has 0 aliphatic rings. The third kappa shape index (κ3) is 6.08. The number of carbonyl (C=O) groups is 1. The van der Waals surface area contributed by atoms with Gasteiger partial charge in [0.15, 0.2) is 15.6 Å². The number of aromatic nitrogens is 1. The van der Waals surface area contributed by atoms with Crippen LogP contribution in [0.4, 0.5) is 0 Å². The molecule has 33 heavy (non-hydrogen) atoms. The van der Waals surface area contributed by atoms with Gasteiger partial charge in [-0.25, -0.2) is 8.42 Å². The molecule has 2 aromatic heterocycles. The van der Waals surface area contributed by atoms with Crippen molar-refractivity contribution in [2.45, 2.75) is 23.8 Å². The zero-order chi connectivity index (χ0) is 23.1. The maximum absolute atomic E-state index is 12.5. The highest BCUT2D eigenvalue weighted by atomic mass is 32.2. The van der Waals surface area contributed by atoms with E-state index in [2.05, 4.69) is 10.3 Å². The van der Waals surface area contributed by atoms with Crippen molar-refractivity contribution in [1.82, 2.24) is 10.3 Å². The Morgan fingerprint density at radius 3 is 2.39 bits per heavy atom. The second-order valence-electron chi connectivity index (χ2n) is 7.27. The first-order chi connectivity index (χ1) is 16.0. The highest BCUT2D eigenvalue weighted by Crippen LogP contribution is 2.18. The van der Waals surface area contributed by atoms with Gasteiger partial charge in [0.1, 0.15) is 23.9 Å². The second kappa shape index (κ2) is 10.1. The minimum Gasteiger partial charge on any atom is -0.487 e.